The number of carbonyl (C=O) groups is 1. The van der Waals surface area contributed by atoms with Gasteiger partial charge in [0.2, 0.25) is 0 Å². The lowest BCUT2D eigenvalue weighted by molar-refractivity contribution is 0.0515. The molecule has 134 valence electrons. The van der Waals surface area contributed by atoms with Crippen LogP contribution in [-0.2, 0) is 4.74 Å². The molecule has 5 heteroatoms. The Labute approximate surface area is 158 Å². The van der Waals surface area contributed by atoms with Crippen molar-refractivity contribution in [2.75, 3.05) is 6.61 Å². The molecular formula is C22H19N3O2. The highest BCUT2D eigenvalue weighted by Gasteiger charge is 2.17. The lowest BCUT2D eigenvalue weighted by Gasteiger charge is -2.08. The van der Waals surface area contributed by atoms with Gasteiger partial charge >= 0.3 is 5.97 Å². The predicted octanol–water partition coefficient (Wildman–Crippen LogP) is 4.40. The highest BCUT2D eigenvalue weighted by Crippen LogP contribution is 2.20. The third kappa shape index (κ3) is 4.13. The minimum Gasteiger partial charge on any atom is -0.461 e. The molecule has 27 heavy (non-hydrogen) atoms. The minimum absolute atomic E-state index is 0.287. The van der Waals surface area contributed by atoms with E-state index in [2.05, 4.69) is 11.2 Å². The van der Waals surface area contributed by atoms with Crippen LogP contribution in [-0.4, -0.2) is 22.4 Å². The van der Waals surface area contributed by atoms with E-state index in [9.17, 15) is 10.1 Å². The fourth-order valence-electron chi connectivity index (χ4n) is 2.72. The van der Waals surface area contributed by atoms with Crippen molar-refractivity contribution >= 4 is 18.1 Å². The van der Waals surface area contributed by atoms with E-state index in [0.29, 0.717) is 22.6 Å². The van der Waals surface area contributed by atoms with E-state index >= 15 is 0 Å². The number of aryl methyl sites for hydroxylation is 1. The molecule has 0 aliphatic rings. The van der Waals surface area contributed by atoms with Crippen LogP contribution in [0.1, 0.15) is 39.8 Å². The number of ether oxygens (including phenoxy) is 1. The average Bonchev–Trinajstić information content (AvgIpc) is 3.09. The lowest BCUT2D eigenvalue weighted by Crippen LogP contribution is -2.12. The van der Waals surface area contributed by atoms with E-state index in [1.165, 1.54) is 4.68 Å². The standard InChI is InChI=1S/C22H19N3O2/c1-3-27-22(26)21-13-16(2)24-25(21)20-12-11-18(19(14-20)15-23)10-9-17-7-5-4-6-8-17/h4-14H,3H2,1-2H3. The van der Waals surface area contributed by atoms with E-state index < -0.39 is 5.97 Å². The van der Waals surface area contributed by atoms with Crippen LogP contribution in [0.3, 0.4) is 0 Å². The fraction of sp³-hybridized carbons (Fsp3) is 0.136. The van der Waals surface area contributed by atoms with E-state index in [4.69, 9.17) is 4.74 Å². The first-order valence-corrected chi connectivity index (χ1v) is 8.64. The number of aromatic nitrogens is 2. The summed E-state index contributed by atoms with van der Waals surface area (Å²) < 4.78 is 6.61. The molecule has 0 N–H and O–H groups in total. The summed E-state index contributed by atoms with van der Waals surface area (Å²) in [6, 6.07) is 19.2. The number of hydrogen-bond acceptors (Lipinski definition) is 4. The molecule has 1 aromatic heterocycles. The normalized spacial score (nSPS) is 10.7. The third-order valence-corrected chi connectivity index (χ3v) is 3.97. The van der Waals surface area contributed by atoms with Crippen LogP contribution in [0.25, 0.3) is 17.8 Å². The molecule has 0 spiro atoms. The van der Waals surface area contributed by atoms with Crippen LogP contribution in [0, 0.1) is 18.3 Å². The number of benzene rings is 2. The Kier molecular flexibility index (Phi) is 5.48. The SMILES string of the molecule is CCOC(=O)c1cc(C)nn1-c1ccc(C=Cc2ccccc2)c(C#N)c1. The van der Waals surface area contributed by atoms with Crippen molar-refractivity contribution in [3.05, 3.63) is 82.7 Å². The highest BCUT2D eigenvalue weighted by molar-refractivity contribution is 5.88. The van der Waals surface area contributed by atoms with Gasteiger partial charge in [0.05, 0.1) is 29.6 Å². The van der Waals surface area contributed by atoms with Gasteiger partial charge in [0.1, 0.15) is 0 Å². The van der Waals surface area contributed by atoms with Gasteiger partial charge < -0.3 is 4.74 Å². The molecule has 1 heterocycles. The molecule has 0 saturated heterocycles. The van der Waals surface area contributed by atoms with Crippen LogP contribution in [0.5, 0.6) is 0 Å². The summed E-state index contributed by atoms with van der Waals surface area (Å²) in [5.41, 5.74) is 4.03. The summed E-state index contributed by atoms with van der Waals surface area (Å²) in [4.78, 5) is 12.2. The monoisotopic (exact) mass is 357 g/mol. The van der Waals surface area contributed by atoms with Gasteiger partial charge in [-0.2, -0.15) is 10.4 Å². The lowest BCUT2D eigenvalue weighted by atomic mass is 10.1. The Morgan fingerprint density at radius 1 is 1.19 bits per heavy atom. The van der Waals surface area contributed by atoms with Crippen LogP contribution in [0.2, 0.25) is 0 Å². The Bertz CT molecular complexity index is 1030. The van der Waals surface area contributed by atoms with Gasteiger partial charge in [-0.05, 0) is 43.2 Å². The smallest absolute Gasteiger partial charge is 0.357 e. The molecule has 0 amide bonds. The summed E-state index contributed by atoms with van der Waals surface area (Å²) in [6.45, 7) is 3.85. The van der Waals surface area contributed by atoms with Gasteiger partial charge in [-0.1, -0.05) is 48.6 Å². The highest BCUT2D eigenvalue weighted by atomic mass is 16.5. The second kappa shape index (κ2) is 8.15. The fourth-order valence-corrected chi connectivity index (χ4v) is 2.72. The Balaban J connectivity index is 1.97. The number of nitriles is 1. The zero-order valence-electron chi connectivity index (χ0n) is 15.2. The topological polar surface area (TPSA) is 67.9 Å². The quantitative estimate of drug-likeness (QED) is 0.501. The second-order valence-electron chi connectivity index (χ2n) is 5.93. The number of nitrogens with zero attached hydrogens (tertiary/aromatic N) is 3. The molecule has 0 unspecified atom stereocenters. The number of hydrogen-bond donors (Lipinski definition) is 0. The van der Waals surface area contributed by atoms with Crippen LogP contribution >= 0.6 is 0 Å². The summed E-state index contributed by atoms with van der Waals surface area (Å²) in [7, 11) is 0. The maximum absolute atomic E-state index is 12.2. The first kappa shape index (κ1) is 18.2. The van der Waals surface area contributed by atoms with Crippen molar-refractivity contribution in [3.8, 4) is 11.8 Å². The zero-order valence-corrected chi connectivity index (χ0v) is 15.2. The van der Waals surface area contributed by atoms with Gasteiger partial charge in [0.25, 0.3) is 0 Å². The van der Waals surface area contributed by atoms with Gasteiger partial charge in [-0.3, -0.25) is 0 Å². The molecule has 3 rings (SSSR count). The van der Waals surface area contributed by atoms with Crippen molar-refractivity contribution in [1.82, 2.24) is 9.78 Å². The number of esters is 1. The van der Waals surface area contributed by atoms with Gasteiger partial charge in [-0.25, -0.2) is 9.48 Å². The van der Waals surface area contributed by atoms with Crippen molar-refractivity contribution in [2.45, 2.75) is 13.8 Å². The van der Waals surface area contributed by atoms with Crippen molar-refractivity contribution < 1.29 is 9.53 Å². The van der Waals surface area contributed by atoms with Gasteiger partial charge in [0, 0.05) is 0 Å². The molecule has 5 nitrogen and oxygen atoms in total. The van der Waals surface area contributed by atoms with E-state index in [-0.39, 0.29) is 6.61 Å². The molecule has 0 aliphatic carbocycles. The molecule has 0 saturated carbocycles. The van der Waals surface area contributed by atoms with Crippen molar-refractivity contribution in [2.24, 2.45) is 0 Å². The summed E-state index contributed by atoms with van der Waals surface area (Å²) in [5.74, 6) is -0.440. The third-order valence-electron chi connectivity index (χ3n) is 3.97. The van der Waals surface area contributed by atoms with Gasteiger partial charge in [-0.15, -0.1) is 0 Å². The summed E-state index contributed by atoms with van der Waals surface area (Å²) in [5, 5.41) is 13.9. The van der Waals surface area contributed by atoms with E-state index in [1.54, 1.807) is 26.0 Å². The molecule has 0 atom stereocenters. The van der Waals surface area contributed by atoms with Crippen LogP contribution < -0.4 is 0 Å². The molecule has 0 bridgehead atoms. The molecule has 2 aromatic carbocycles. The van der Waals surface area contributed by atoms with E-state index in [0.717, 1.165) is 11.1 Å². The molecule has 0 fully saturated rings. The van der Waals surface area contributed by atoms with Gasteiger partial charge in [0.15, 0.2) is 5.69 Å². The largest absolute Gasteiger partial charge is 0.461 e. The summed E-state index contributed by atoms with van der Waals surface area (Å²) in [6.07, 6.45) is 3.86. The predicted molar refractivity (Wildman–Crippen MR) is 104 cm³/mol. The Morgan fingerprint density at radius 2 is 1.96 bits per heavy atom. The maximum Gasteiger partial charge on any atom is 0.357 e. The minimum atomic E-state index is -0.440. The van der Waals surface area contributed by atoms with Crippen molar-refractivity contribution in [3.63, 3.8) is 0 Å². The molecule has 0 aliphatic heterocycles. The first-order valence-electron chi connectivity index (χ1n) is 8.64. The number of carbonyl (C=O) groups excluding carboxylic acids is 1. The second-order valence-corrected chi connectivity index (χ2v) is 5.93. The zero-order chi connectivity index (χ0) is 19.2. The molecule has 0 radical (unpaired) electrons. The van der Waals surface area contributed by atoms with Crippen molar-refractivity contribution in [1.29, 1.82) is 5.26 Å². The van der Waals surface area contributed by atoms with E-state index in [1.807, 2.05) is 54.6 Å². The Morgan fingerprint density at radius 3 is 2.67 bits per heavy atom. The van der Waals surface area contributed by atoms with Crippen LogP contribution in [0.4, 0.5) is 0 Å². The first-order chi connectivity index (χ1) is 13.1. The average molecular weight is 357 g/mol. The Hall–Kier alpha value is -3.65. The van der Waals surface area contributed by atoms with Crippen LogP contribution in [0.15, 0.2) is 54.6 Å². The molecular weight excluding hydrogens is 338 g/mol. The maximum atomic E-state index is 12.2. The molecule has 3 aromatic rings. The number of rotatable bonds is 5. The summed E-state index contributed by atoms with van der Waals surface area (Å²) >= 11 is 0.